The van der Waals surface area contributed by atoms with E-state index in [2.05, 4.69) is 51.1 Å². The van der Waals surface area contributed by atoms with Crippen LogP contribution in [0.3, 0.4) is 0 Å². The Morgan fingerprint density at radius 3 is 2.53 bits per heavy atom. The summed E-state index contributed by atoms with van der Waals surface area (Å²) in [6.07, 6.45) is 1.12. The second kappa shape index (κ2) is 7.08. The first kappa shape index (κ1) is 14.6. The van der Waals surface area contributed by atoms with Gasteiger partial charge in [0.2, 0.25) is 0 Å². The second-order valence-electron chi connectivity index (χ2n) is 4.34. The van der Waals surface area contributed by atoms with E-state index in [1.54, 1.807) is 18.4 Å². The fraction of sp³-hybridized carbons (Fsp3) is 0.333. The van der Waals surface area contributed by atoms with E-state index in [4.69, 9.17) is 4.74 Å². The maximum atomic E-state index is 5.22. The van der Waals surface area contributed by atoms with Crippen LogP contribution in [0.15, 0.2) is 39.5 Å². The smallest absolute Gasteiger partial charge is 0.118 e. The number of hydrogen-bond acceptors (Lipinski definition) is 3. The molecule has 0 fully saturated rings. The third kappa shape index (κ3) is 3.59. The summed E-state index contributed by atoms with van der Waals surface area (Å²) in [4.78, 5) is 0. The molecule has 0 saturated heterocycles. The van der Waals surface area contributed by atoms with E-state index < -0.39 is 0 Å². The lowest BCUT2D eigenvalue weighted by Crippen LogP contribution is -2.23. The van der Waals surface area contributed by atoms with Crippen molar-refractivity contribution < 1.29 is 4.74 Å². The summed E-state index contributed by atoms with van der Waals surface area (Å²) < 4.78 is 6.39. The summed E-state index contributed by atoms with van der Waals surface area (Å²) in [5.41, 5.74) is 2.55. The molecule has 2 aromatic rings. The minimum absolute atomic E-state index is 0.228. The van der Waals surface area contributed by atoms with Crippen LogP contribution in [0.4, 0.5) is 0 Å². The van der Waals surface area contributed by atoms with E-state index in [1.165, 1.54) is 15.6 Å². The van der Waals surface area contributed by atoms with Crippen LogP contribution in [0.1, 0.15) is 30.5 Å². The van der Waals surface area contributed by atoms with Gasteiger partial charge in [0.1, 0.15) is 5.75 Å². The molecule has 4 heteroatoms. The van der Waals surface area contributed by atoms with E-state index in [1.807, 2.05) is 12.1 Å². The molecule has 2 rings (SSSR count). The van der Waals surface area contributed by atoms with Gasteiger partial charge in [-0.25, -0.2) is 0 Å². The van der Waals surface area contributed by atoms with E-state index in [-0.39, 0.29) is 6.04 Å². The zero-order valence-corrected chi connectivity index (χ0v) is 13.6. The number of benzene rings is 1. The van der Waals surface area contributed by atoms with Crippen LogP contribution < -0.4 is 10.1 Å². The average molecular weight is 340 g/mol. The molecule has 1 aromatic heterocycles. The number of halogens is 1. The Kier molecular flexibility index (Phi) is 5.43. The van der Waals surface area contributed by atoms with Crippen LogP contribution in [-0.2, 0) is 0 Å². The lowest BCUT2D eigenvalue weighted by atomic mass is 10.0. The molecular weight excluding hydrogens is 322 g/mol. The molecule has 0 radical (unpaired) electrons. The zero-order valence-electron chi connectivity index (χ0n) is 11.2. The fourth-order valence-electron chi connectivity index (χ4n) is 1.99. The standard InChI is InChI=1S/C15H18BrNOS/c1-3-8-17-15(13-9-19-10-14(13)16)11-4-6-12(18-2)7-5-11/h4-7,9-10,15,17H,3,8H2,1-2H3. The Balaban J connectivity index is 2.28. The molecule has 19 heavy (non-hydrogen) atoms. The van der Waals surface area contributed by atoms with E-state index in [0.29, 0.717) is 0 Å². The van der Waals surface area contributed by atoms with Gasteiger partial charge in [0.05, 0.1) is 13.2 Å². The van der Waals surface area contributed by atoms with Crippen LogP contribution in [0.2, 0.25) is 0 Å². The van der Waals surface area contributed by atoms with Crippen molar-refractivity contribution >= 4 is 27.3 Å². The predicted molar refractivity (Wildman–Crippen MR) is 85.1 cm³/mol. The molecular formula is C15H18BrNOS. The number of methoxy groups -OCH3 is 1. The highest BCUT2D eigenvalue weighted by molar-refractivity contribution is 9.10. The average Bonchev–Trinajstić information content (AvgIpc) is 2.86. The summed E-state index contributed by atoms with van der Waals surface area (Å²) in [6, 6.07) is 8.49. The van der Waals surface area contributed by atoms with Crippen LogP contribution in [0, 0.1) is 0 Å². The molecule has 1 aromatic carbocycles. The molecule has 0 saturated carbocycles. The molecule has 0 aliphatic rings. The monoisotopic (exact) mass is 339 g/mol. The lowest BCUT2D eigenvalue weighted by Gasteiger charge is -2.19. The largest absolute Gasteiger partial charge is 0.497 e. The highest BCUT2D eigenvalue weighted by atomic mass is 79.9. The molecule has 0 amide bonds. The SMILES string of the molecule is CCCNC(c1ccc(OC)cc1)c1cscc1Br. The lowest BCUT2D eigenvalue weighted by molar-refractivity contribution is 0.414. The number of ether oxygens (including phenoxy) is 1. The highest BCUT2D eigenvalue weighted by Crippen LogP contribution is 2.32. The second-order valence-corrected chi connectivity index (χ2v) is 5.93. The van der Waals surface area contributed by atoms with Crippen molar-refractivity contribution in [3.05, 3.63) is 50.6 Å². The van der Waals surface area contributed by atoms with Gasteiger partial charge in [0, 0.05) is 9.85 Å². The normalized spacial score (nSPS) is 12.4. The van der Waals surface area contributed by atoms with Gasteiger partial charge in [-0.2, -0.15) is 11.3 Å². The minimum atomic E-state index is 0.228. The third-order valence-corrected chi connectivity index (χ3v) is 4.75. The number of hydrogen-bond donors (Lipinski definition) is 1. The Bertz CT molecular complexity index is 509. The zero-order chi connectivity index (χ0) is 13.7. The molecule has 2 nitrogen and oxygen atoms in total. The maximum Gasteiger partial charge on any atom is 0.118 e. The van der Waals surface area contributed by atoms with Gasteiger partial charge in [-0.05, 0) is 57.5 Å². The molecule has 0 spiro atoms. The van der Waals surface area contributed by atoms with Crippen molar-refractivity contribution in [2.45, 2.75) is 19.4 Å². The van der Waals surface area contributed by atoms with Crippen molar-refractivity contribution in [2.24, 2.45) is 0 Å². The quantitative estimate of drug-likeness (QED) is 0.829. The molecule has 1 N–H and O–H groups in total. The molecule has 1 atom stereocenters. The molecule has 102 valence electrons. The first-order valence-corrected chi connectivity index (χ1v) is 8.08. The van der Waals surface area contributed by atoms with Crippen molar-refractivity contribution in [2.75, 3.05) is 13.7 Å². The summed E-state index contributed by atoms with van der Waals surface area (Å²) >= 11 is 5.35. The van der Waals surface area contributed by atoms with Crippen LogP contribution in [0.5, 0.6) is 5.75 Å². The van der Waals surface area contributed by atoms with Gasteiger partial charge < -0.3 is 10.1 Å². The van der Waals surface area contributed by atoms with Crippen LogP contribution in [-0.4, -0.2) is 13.7 Å². The van der Waals surface area contributed by atoms with Gasteiger partial charge in [-0.15, -0.1) is 0 Å². The minimum Gasteiger partial charge on any atom is -0.497 e. The van der Waals surface area contributed by atoms with Gasteiger partial charge in [-0.3, -0.25) is 0 Å². The summed E-state index contributed by atoms with van der Waals surface area (Å²) in [5.74, 6) is 0.891. The number of thiophene rings is 1. The Labute approximate surface area is 126 Å². The summed E-state index contributed by atoms with van der Waals surface area (Å²) in [5, 5.41) is 7.92. The predicted octanol–water partition coefficient (Wildman–Crippen LogP) is 4.61. The molecule has 0 aliphatic heterocycles. The Morgan fingerprint density at radius 1 is 1.26 bits per heavy atom. The molecule has 0 bridgehead atoms. The summed E-state index contributed by atoms with van der Waals surface area (Å²) in [7, 11) is 1.69. The van der Waals surface area contributed by atoms with Gasteiger partial charge in [0.25, 0.3) is 0 Å². The van der Waals surface area contributed by atoms with Crippen LogP contribution >= 0.6 is 27.3 Å². The fourth-order valence-corrected chi connectivity index (χ4v) is 3.54. The topological polar surface area (TPSA) is 21.3 Å². The van der Waals surface area contributed by atoms with Gasteiger partial charge in [0.15, 0.2) is 0 Å². The molecule has 0 aliphatic carbocycles. The van der Waals surface area contributed by atoms with E-state index >= 15 is 0 Å². The van der Waals surface area contributed by atoms with Crippen molar-refractivity contribution in [1.82, 2.24) is 5.32 Å². The third-order valence-electron chi connectivity index (χ3n) is 3.00. The molecule has 1 unspecified atom stereocenters. The first-order chi connectivity index (χ1) is 9.26. The first-order valence-electron chi connectivity index (χ1n) is 6.35. The summed E-state index contributed by atoms with van der Waals surface area (Å²) in [6.45, 7) is 3.18. The molecule has 1 heterocycles. The number of rotatable bonds is 6. The van der Waals surface area contributed by atoms with Gasteiger partial charge in [-0.1, -0.05) is 19.1 Å². The van der Waals surface area contributed by atoms with Crippen LogP contribution in [0.25, 0.3) is 0 Å². The number of nitrogens with one attached hydrogen (secondary N) is 1. The van der Waals surface area contributed by atoms with E-state index in [9.17, 15) is 0 Å². The maximum absolute atomic E-state index is 5.22. The van der Waals surface area contributed by atoms with E-state index in [0.717, 1.165) is 18.7 Å². The highest BCUT2D eigenvalue weighted by Gasteiger charge is 2.16. The van der Waals surface area contributed by atoms with Crippen molar-refractivity contribution in [1.29, 1.82) is 0 Å². The van der Waals surface area contributed by atoms with Crippen molar-refractivity contribution in [3.63, 3.8) is 0 Å². The van der Waals surface area contributed by atoms with Crippen molar-refractivity contribution in [3.8, 4) is 5.75 Å². The van der Waals surface area contributed by atoms with Gasteiger partial charge >= 0.3 is 0 Å². The Morgan fingerprint density at radius 2 is 2.00 bits per heavy atom. The Hall–Kier alpha value is -0.840.